The summed E-state index contributed by atoms with van der Waals surface area (Å²) < 4.78 is 0. The summed E-state index contributed by atoms with van der Waals surface area (Å²) in [5.41, 5.74) is 2.34. The van der Waals surface area contributed by atoms with Gasteiger partial charge in [-0.15, -0.1) is 0 Å². The number of rotatable bonds is 3. The zero-order chi connectivity index (χ0) is 14.2. The molecule has 18 heavy (non-hydrogen) atoms. The molecule has 0 bridgehead atoms. The standard InChI is InChI=1S/C14H19NO3/c1-7-12(9(3)16)8(2)14(11(5)18)15(6)13(7)10(4)17/h13H,1-6H3. The first-order chi connectivity index (χ1) is 8.20. The van der Waals surface area contributed by atoms with Crippen LogP contribution in [-0.2, 0) is 14.4 Å². The molecule has 0 aromatic rings. The van der Waals surface area contributed by atoms with Crippen LogP contribution >= 0.6 is 0 Å². The van der Waals surface area contributed by atoms with Crippen LogP contribution in [0.3, 0.4) is 0 Å². The largest absolute Gasteiger partial charge is 0.358 e. The third kappa shape index (κ3) is 2.15. The summed E-state index contributed by atoms with van der Waals surface area (Å²) in [5, 5.41) is 0. The molecule has 0 N–H and O–H groups in total. The van der Waals surface area contributed by atoms with Crippen molar-refractivity contribution in [3.8, 4) is 0 Å². The van der Waals surface area contributed by atoms with Crippen molar-refractivity contribution in [3.63, 3.8) is 0 Å². The van der Waals surface area contributed by atoms with E-state index in [1.54, 1.807) is 25.8 Å². The molecule has 1 heterocycles. The number of hydrogen-bond donors (Lipinski definition) is 0. The molecule has 1 rings (SSSR count). The molecule has 0 spiro atoms. The Balaban J connectivity index is 3.58. The minimum atomic E-state index is -0.522. The van der Waals surface area contributed by atoms with Gasteiger partial charge < -0.3 is 4.90 Å². The molecule has 98 valence electrons. The second kappa shape index (κ2) is 4.88. The maximum Gasteiger partial charge on any atom is 0.176 e. The first-order valence-corrected chi connectivity index (χ1v) is 5.87. The average Bonchev–Trinajstić information content (AvgIpc) is 2.14. The minimum Gasteiger partial charge on any atom is -0.358 e. The quantitative estimate of drug-likeness (QED) is 0.763. The van der Waals surface area contributed by atoms with E-state index in [0.29, 0.717) is 16.8 Å². The van der Waals surface area contributed by atoms with E-state index in [9.17, 15) is 14.4 Å². The van der Waals surface area contributed by atoms with E-state index in [4.69, 9.17) is 0 Å². The van der Waals surface area contributed by atoms with Gasteiger partial charge in [0, 0.05) is 19.5 Å². The number of Topliss-reactive ketones (excluding diaryl/α,β-unsaturated/α-hetero) is 3. The molecule has 0 fully saturated rings. The van der Waals surface area contributed by atoms with E-state index in [-0.39, 0.29) is 17.3 Å². The fourth-order valence-electron chi connectivity index (χ4n) is 2.87. The van der Waals surface area contributed by atoms with Crippen LogP contribution < -0.4 is 0 Å². The SMILES string of the molecule is CC(=O)C1=C(C)C(C(C)=O)N(C)C(C(C)=O)=C1C. The van der Waals surface area contributed by atoms with Crippen LogP contribution in [0.2, 0.25) is 0 Å². The van der Waals surface area contributed by atoms with Crippen molar-refractivity contribution >= 4 is 17.3 Å². The third-order valence-corrected chi connectivity index (χ3v) is 3.35. The van der Waals surface area contributed by atoms with Crippen LogP contribution in [0.25, 0.3) is 0 Å². The second-order valence-corrected chi connectivity index (χ2v) is 4.77. The Kier molecular flexibility index (Phi) is 3.89. The Labute approximate surface area is 107 Å². The molecule has 4 heteroatoms. The molecule has 1 aliphatic heterocycles. The maximum atomic E-state index is 11.7. The molecule has 0 aromatic carbocycles. The molecule has 1 atom stereocenters. The Morgan fingerprint density at radius 1 is 1.00 bits per heavy atom. The lowest BCUT2D eigenvalue weighted by Crippen LogP contribution is -2.43. The normalized spacial score (nSPS) is 20.3. The lowest BCUT2D eigenvalue weighted by Gasteiger charge is -2.36. The highest BCUT2D eigenvalue weighted by Crippen LogP contribution is 2.32. The number of likely N-dealkylation sites (N-methyl/N-ethyl adjacent to an activating group) is 1. The molecular weight excluding hydrogens is 230 g/mol. The highest BCUT2D eigenvalue weighted by Gasteiger charge is 2.34. The summed E-state index contributed by atoms with van der Waals surface area (Å²) in [6.07, 6.45) is 0. The molecule has 0 amide bonds. The van der Waals surface area contributed by atoms with E-state index in [1.807, 2.05) is 0 Å². The van der Waals surface area contributed by atoms with Crippen molar-refractivity contribution in [1.82, 2.24) is 4.90 Å². The van der Waals surface area contributed by atoms with E-state index in [2.05, 4.69) is 0 Å². The lowest BCUT2D eigenvalue weighted by molar-refractivity contribution is -0.121. The van der Waals surface area contributed by atoms with Gasteiger partial charge >= 0.3 is 0 Å². The Hall–Kier alpha value is -1.71. The average molecular weight is 249 g/mol. The Bertz CT molecular complexity index is 497. The van der Waals surface area contributed by atoms with E-state index in [0.717, 1.165) is 5.57 Å². The van der Waals surface area contributed by atoms with Gasteiger partial charge in [-0.3, -0.25) is 14.4 Å². The van der Waals surface area contributed by atoms with Crippen molar-refractivity contribution in [1.29, 1.82) is 0 Å². The van der Waals surface area contributed by atoms with Crippen LogP contribution in [0.4, 0.5) is 0 Å². The highest BCUT2D eigenvalue weighted by atomic mass is 16.1. The molecule has 0 saturated heterocycles. The molecular formula is C14H19NO3. The maximum absolute atomic E-state index is 11.7. The van der Waals surface area contributed by atoms with Crippen LogP contribution in [0.1, 0.15) is 34.6 Å². The van der Waals surface area contributed by atoms with Crippen LogP contribution in [0.15, 0.2) is 22.4 Å². The molecule has 4 nitrogen and oxygen atoms in total. The predicted molar refractivity (Wildman–Crippen MR) is 69.0 cm³/mol. The van der Waals surface area contributed by atoms with Gasteiger partial charge in [0.25, 0.3) is 0 Å². The topological polar surface area (TPSA) is 54.5 Å². The van der Waals surface area contributed by atoms with Gasteiger partial charge in [0.1, 0.15) is 6.04 Å². The van der Waals surface area contributed by atoms with Crippen molar-refractivity contribution in [2.75, 3.05) is 7.05 Å². The van der Waals surface area contributed by atoms with Gasteiger partial charge in [-0.05, 0) is 38.8 Å². The zero-order valence-electron chi connectivity index (χ0n) is 11.7. The van der Waals surface area contributed by atoms with E-state index in [1.165, 1.54) is 20.8 Å². The van der Waals surface area contributed by atoms with Crippen LogP contribution in [0.5, 0.6) is 0 Å². The summed E-state index contributed by atoms with van der Waals surface area (Å²) in [7, 11) is 1.71. The Morgan fingerprint density at radius 2 is 1.50 bits per heavy atom. The third-order valence-electron chi connectivity index (χ3n) is 3.35. The van der Waals surface area contributed by atoms with Gasteiger partial charge in [-0.1, -0.05) is 0 Å². The first kappa shape index (κ1) is 14.4. The number of carbonyl (C=O) groups excluding carboxylic acids is 3. The predicted octanol–water partition coefficient (Wildman–Crippen LogP) is 1.66. The van der Waals surface area contributed by atoms with Gasteiger partial charge in [0.15, 0.2) is 17.3 Å². The fraction of sp³-hybridized carbons (Fsp3) is 0.500. The molecule has 0 saturated carbocycles. The van der Waals surface area contributed by atoms with Gasteiger partial charge in [-0.2, -0.15) is 0 Å². The Morgan fingerprint density at radius 3 is 1.83 bits per heavy atom. The second-order valence-electron chi connectivity index (χ2n) is 4.77. The fourth-order valence-corrected chi connectivity index (χ4v) is 2.87. The summed E-state index contributed by atoms with van der Waals surface area (Å²) in [4.78, 5) is 36.9. The molecule has 0 aromatic heterocycles. The summed E-state index contributed by atoms with van der Waals surface area (Å²) in [5.74, 6) is -0.310. The van der Waals surface area contributed by atoms with Gasteiger partial charge in [0.2, 0.25) is 0 Å². The molecule has 1 aliphatic rings. The molecule has 1 unspecified atom stereocenters. The van der Waals surface area contributed by atoms with E-state index >= 15 is 0 Å². The number of hydrogen-bond acceptors (Lipinski definition) is 4. The lowest BCUT2D eigenvalue weighted by atomic mass is 9.85. The summed E-state index contributed by atoms with van der Waals surface area (Å²) in [6.45, 7) is 7.91. The van der Waals surface area contributed by atoms with Gasteiger partial charge in [0.05, 0.1) is 5.70 Å². The monoisotopic (exact) mass is 249 g/mol. The van der Waals surface area contributed by atoms with Crippen molar-refractivity contribution in [2.45, 2.75) is 40.7 Å². The summed E-state index contributed by atoms with van der Waals surface area (Å²) in [6, 6.07) is -0.522. The first-order valence-electron chi connectivity index (χ1n) is 5.87. The summed E-state index contributed by atoms with van der Waals surface area (Å²) >= 11 is 0. The number of ketones is 3. The number of allylic oxidation sites excluding steroid dienone is 3. The van der Waals surface area contributed by atoms with Crippen molar-refractivity contribution in [2.24, 2.45) is 0 Å². The van der Waals surface area contributed by atoms with E-state index < -0.39 is 6.04 Å². The highest BCUT2D eigenvalue weighted by molar-refractivity contribution is 6.05. The number of nitrogens with zero attached hydrogens (tertiary/aromatic N) is 1. The van der Waals surface area contributed by atoms with Crippen molar-refractivity contribution < 1.29 is 14.4 Å². The smallest absolute Gasteiger partial charge is 0.176 e. The van der Waals surface area contributed by atoms with Gasteiger partial charge in [-0.25, -0.2) is 0 Å². The molecule has 0 aliphatic carbocycles. The molecule has 0 radical (unpaired) electrons. The van der Waals surface area contributed by atoms with Crippen molar-refractivity contribution in [3.05, 3.63) is 22.4 Å². The van der Waals surface area contributed by atoms with Crippen LogP contribution in [0, 0.1) is 0 Å². The zero-order valence-corrected chi connectivity index (χ0v) is 11.7. The van der Waals surface area contributed by atoms with Crippen LogP contribution in [-0.4, -0.2) is 35.3 Å². The number of carbonyl (C=O) groups is 3. The minimum absolute atomic E-state index is 0.0694.